The van der Waals surface area contributed by atoms with Crippen molar-refractivity contribution in [3.63, 3.8) is 0 Å². The molecule has 2 aliphatic heterocycles. The third kappa shape index (κ3) is 4.10. The molecule has 0 radical (unpaired) electrons. The number of rotatable bonds is 5. The molecule has 166 valence electrons. The van der Waals surface area contributed by atoms with Gasteiger partial charge >= 0.3 is 5.97 Å². The molecule has 1 aromatic rings. The van der Waals surface area contributed by atoms with Gasteiger partial charge in [-0.25, -0.2) is 21.1 Å². The van der Waals surface area contributed by atoms with E-state index in [-0.39, 0.29) is 36.0 Å². The first-order valence-corrected chi connectivity index (χ1v) is 12.8. The summed E-state index contributed by atoms with van der Waals surface area (Å²) in [6.45, 7) is 5.37. The van der Waals surface area contributed by atoms with Crippen LogP contribution in [0.4, 0.5) is 5.69 Å². The van der Waals surface area contributed by atoms with Gasteiger partial charge in [-0.2, -0.15) is 4.31 Å². The molecule has 1 amide bonds. The third-order valence-electron chi connectivity index (χ3n) is 5.30. The van der Waals surface area contributed by atoms with Gasteiger partial charge in [0, 0.05) is 13.1 Å². The summed E-state index contributed by atoms with van der Waals surface area (Å²) in [4.78, 5) is 24.5. The molecular formula is C19H26N2O7S2. The molecule has 0 aromatic heterocycles. The van der Waals surface area contributed by atoms with E-state index in [1.165, 1.54) is 28.6 Å². The van der Waals surface area contributed by atoms with E-state index in [1.54, 1.807) is 20.8 Å². The monoisotopic (exact) mass is 458 g/mol. The summed E-state index contributed by atoms with van der Waals surface area (Å²) < 4.78 is 57.8. The molecule has 3 rings (SSSR count). The SMILES string of the molecule is CCOC(=O)[C@@H]1CCCN(S(=O)(=O)c2ccc(N3C(=O)C(C)(C)CS3(=O)=O)cc2)C1. The van der Waals surface area contributed by atoms with Crippen molar-refractivity contribution < 1.29 is 31.2 Å². The number of anilines is 1. The first-order valence-electron chi connectivity index (χ1n) is 9.74. The van der Waals surface area contributed by atoms with Gasteiger partial charge in [0.05, 0.1) is 34.3 Å². The number of piperidine rings is 1. The molecule has 11 heteroatoms. The number of carbonyl (C=O) groups excluding carboxylic acids is 2. The summed E-state index contributed by atoms with van der Waals surface area (Å²) in [7, 11) is -7.69. The van der Waals surface area contributed by atoms with Crippen LogP contribution in [0.15, 0.2) is 29.2 Å². The second-order valence-electron chi connectivity index (χ2n) is 8.16. The smallest absolute Gasteiger partial charge is 0.310 e. The minimum absolute atomic E-state index is 0.0286. The Morgan fingerprint density at radius 1 is 1.23 bits per heavy atom. The number of amides is 1. The average Bonchev–Trinajstić information content (AvgIpc) is 2.84. The summed E-state index contributed by atoms with van der Waals surface area (Å²) in [5.41, 5.74) is -0.938. The zero-order valence-electron chi connectivity index (χ0n) is 17.2. The maximum atomic E-state index is 13.0. The maximum Gasteiger partial charge on any atom is 0.310 e. The average molecular weight is 459 g/mol. The van der Waals surface area contributed by atoms with Crippen LogP contribution in [-0.2, 0) is 34.4 Å². The predicted molar refractivity (Wildman–Crippen MR) is 110 cm³/mol. The molecule has 0 saturated carbocycles. The van der Waals surface area contributed by atoms with Crippen molar-refractivity contribution in [3.05, 3.63) is 24.3 Å². The zero-order valence-corrected chi connectivity index (χ0v) is 18.8. The Bertz CT molecular complexity index is 1050. The Labute approximate surface area is 177 Å². The fourth-order valence-electron chi connectivity index (χ4n) is 3.78. The number of hydrogen-bond donors (Lipinski definition) is 0. The molecule has 30 heavy (non-hydrogen) atoms. The van der Waals surface area contributed by atoms with E-state index in [0.717, 1.165) is 4.31 Å². The van der Waals surface area contributed by atoms with E-state index in [9.17, 15) is 26.4 Å². The molecule has 0 bridgehead atoms. The fourth-order valence-corrected chi connectivity index (χ4v) is 7.41. The number of hydrogen-bond acceptors (Lipinski definition) is 7. The Balaban J connectivity index is 1.83. The van der Waals surface area contributed by atoms with Gasteiger partial charge < -0.3 is 4.74 Å². The van der Waals surface area contributed by atoms with Crippen LogP contribution in [0.5, 0.6) is 0 Å². The summed E-state index contributed by atoms with van der Waals surface area (Å²) in [6, 6.07) is 5.20. The zero-order chi connectivity index (χ0) is 22.3. The lowest BCUT2D eigenvalue weighted by molar-refractivity contribution is -0.149. The van der Waals surface area contributed by atoms with E-state index in [4.69, 9.17) is 4.74 Å². The van der Waals surface area contributed by atoms with Crippen molar-refractivity contribution in [2.24, 2.45) is 11.3 Å². The van der Waals surface area contributed by atoms with E-state index >= 15 is 0 Å². The van der Waals surface area contributed by atoms with Crippen molar-refractivity contribution in [1.29, 1.82) is 0 Å². The van der Waals surface area contributed by atoms with Gasteiger partial charge in [-0.15, -0.1) is 0 Å². The van der Waals surface area contributed by atoms with E-state index in [0.29, 0.717) is 12.8 Å². The molecular weight excluding hydrogens is 432 g/mol. The minimum Gasteiger partial charge on any atom is -0.466 e. The predicted octanol–water partition coefficient (Wildman–Crippen LogP) is 1.35. The second-order valence-corrected chi connectivity index (χ2v) is 11.9. The Morgan fingerprint density at radius 3 is 2.40 bits per heavy atom. The lowest BCUT2D eigenvalue weighted by Crippen LogP contribution is -2.42. The van der Waals surface area contributed by atoms with Crippen LogP contribution in [-0.4, -0.2) is 58.5 Å². The molecule has 9 nitrogen and oxygen atoms in total. The van der Waals surface area contributed by atoms with Crippen LogP contribution >= 0.6 is 0 Å². The molecule has 0 N–H and O–H groups in total. The van der Waals surface area contributed by atoms with Crippen LogP contribution in [0.25, 0.3) is 0 Å². The first kappa shape index (κ1) is 22.7. The molecule has 2 heterocycles. The normalized spacial score (nSPS) is 24.0. The van der Waals surface area contributed by atoms with Crippen LogP contribution in [0, 0.1) is 11.3 Å². The molecule has 1 atom stereocenters. The molecule has 1 aromatic carbocycles. The minimum atomic E-state index is -3.88. The van der Waals surface area contributed by atoms with Gasteiger partial charge in [-0.3, -0.25) is 9.59 Å². The van der Waals surface area contributed by atoms with Crippen molar-refractivity contribution in [3.8, 4) is 0 Å². The number of carbonyl (C=O) groups is 2. The van der Waals surface area contributed by atoms with Gasteiger partial charge in [-0.1, -0.05) is 0 Å². The summed E-state index contributed by atoms with van der Waals surface area (Å²) in [5, 5.41) is 0. The highest BCUT2D eigenvalue weighted by atomic mass is 32.2. The summed E-state index contributed by atoms with van der Waals surface area (Å²) >= 11 is 0. The highest BCUT2D eigenvalue weighted by molar-refractivity contribution is 7.94. The van der Waals surface area contributed by atoms with Gasteiger partial charge in [0.1, 0.15) is 0 Å². The van der Waals surface area contributed by atoms with Crippen LogP contribution in [0.2, 0.25) is 0 Å². The number of ether oxygens (including phenoxy) is 1. The molecule has 2 saturated heterocycles. The van der Waals surface area contributed by atoms with E-state index in [2.05, 4.69) is 0 Å². The number of benzene rings is 1. The largest absolute Gasteiger partial charge is 0.466 e. The van der Waals surface area contributed by atoms with E-state index < -0.39 is 43.3 Å². The van der Waals surface area contributed by atoms with Crippen LogP contribution in [0.1, 0.15) is 33.6 Å². The van der Waals surface area contributed by atoms with Crippen molar-refractivity contribution in [2.75, 3.05) is 29.8 Å². The van der Waals surface area contributed by atoms with Crippen LogP contribution in [0.3, 0.4) is 0 Å². The maximum absolute atomic E-state index is 13.0. The van der Waals surface area contributed by atoms with Crippen molar-refractivity contribution in [2.45, 2.75) is 38.5 Å². The second kappa shape index (κ2) is 7.93. The van der Waals surface area contributed by atoms with Gasteiger partial charge in [-0.05, 0) is 57.9 Å². The fraction of sp³-hybridized carbons (Fsp3) is 0.579. The quantitative estimate of drug-likeness (QED) is 0.611. The van der Waals surface area contributed by atoms with Crippen molar-refractivity contribution >= 4 is 37.6 Å². The number of sulfonamides is 2. The van der Waals surface area contributed by atoms with Gasteiger partial charge in [0.15, 0.2) is 0 Å². The molecule has 0 spiro atoms. The standard InChI is InChI=1S/C19H26N2O7S2/c1-4-28-17(22)14-6-5-11-20(12-14)30(26,27)16-9-7-15(8-10-16)21-18(23)19(2,3)13-29(21,24)25/h7-10,14H,4-6,11-13H2,1-3H3/t14-/m1/s1. The Kier molecular flexibility index (Phi) is 6.00. The van der Waals surface area contributed by atoms with Gasteiger partial charge in [0.2, 0.25) is 26.0 Å². The Hall–Kier alpha value is -1.98. The molecule has 0 aliphatic carbocycles. The van der Waals surface area contributed by atoms with Crippen LogP contribution < -0.4 is 4.31 Å². The topological polar surface area (TPSA) is 118 Å². The lowest BCUT2D eigenvalue weighted by atomic mass is 9.95. The first-order chi connectivity index (χ1) is 13.9. The van der Waals surface area contributed by atoms with Gasteiger partial charge in [0.25, 0.3) is 0 Å². The van der Waals surface area contributed by atoms with E-state index in [1.807, 2.05) is 0 Å². The van der Waals surface area contributed by atoms with Crippen molar-refractivity contribution in [1.82, 2.24) is 4.31 Å². The summed E-state index contributed by atoms with van der Waals surface area (Å²) in [5.74, 6) is -1.77. The highest BCUT2D eigenvalue weighted by Gasteiger charge is 2.50. The number of esters is 1. The summed E-state index contributed by atoms with van der Waals surface area (Å²) in [6.07, 6.45) is 1.10. The third-order valence-corrected chi connectivity index (χ3v) is 9.20. The number of nitrogens with zero attached hydrogens (tertiary/aromatic N) is 2. The lowest BCUT2D eigenvalue weighted by Gasteiger charge is -2.30. The highest BCUT2D eigenvalue weighted by Crippen LogP contribution is 2.36. The molecule has 2 fully saturated rings. The molecule has 0 unspecified atom stereocenters. The molecule has 2 aliphatic rings. The Morgan fingerprint density at radius 2 is 1.87 bits per heavy atom.